The smallest absolute Gasteiger partial charge is 0.130 e. The molecule has 2 nitrogen and oxygen atoms in total. The molecule has 1 rings (SSSR count). The molecular weight excluding hydrogens is 236 g/mol. The molecule has 0 aliphatic heterocycles. The van der Waals surface area contributed by atoms with E-state index in [1.807, 2.05) is 12.1 Å². The lowest BCUT2D eigenvalue weighted by Crippen LogP contribution is -1.99. The minimum Gasteiger partial charge on any atom is -0.494 e. The maximum absolute atomic E-state index is 11.0. The Bertz CT molecular complexity index is 371. The third-order valence-corrected chi connectivity index (χ3v) is 3.18. The molecule has 0 radical (unpaired) electrons. The van der Waals surface area contributed by atoms with Gasteiger partial charge in [0.1, 0.15) is 11.5 Å². The van der Waals surface area contributed by atoms with E-state index in [-0.39, 0.29) is 5.78 Å². The number of ketones is 1. The van der Waals surface area contributed by atoms with E-state index >= 15 is 0 Å². The Morgan fingerprint density at radius 1 is 1.16 bits per heavy atom. The van der Waals surface area contributed by atoms with E-state index in [2.05, 4.69) is 19.1 Å². The predicted octanol–water partition coefficient (Wildman–Crippen LogP) is 4.56. The van der Waals surface area contributed by atoms with Crippen LogP contribution in [-0.2, 0) is 11.2 Å². The molecule has 1 aromatic rings. The molecule has 0 saturated carbocycles. The molecule has 0 bridgehead atoms. The van der Waals surface area contributed by atoms with Crippen LogP contribution in [-0.4, -0.2) is 12.4 Å². The summed E-state index contributed by atoms with van der Waals surface area (Å²) >= 11 is 0. The molecule has 0 saturated heterocycles. The van der Waals surface area contributed by atoms with Crippen LogP contribution in [0.3, 0.4) is 0 Å². The summed E-state index contributed by atoms with van der Waals surface area (Å²) in [4.78, 5) is 11.0. The molecule has 2 heteroatoms. The maximum Gasteiger partial charge on any atom is 0.130 e. The van der Waals surface area contributed by atoms with Gasteiger partial charge in [-0.2, -0.15) is 0 Å². The number of unbranched alkanes of at least 4 members (excludes halogenated alkanes) is 4. The molecule has 0 unspecified atom stereocenters. The Labute approximate surface area is 117 Å². The zero-order valence-electron chi connectivity index (χ0n) is 12.3. The standard InChI is InChI=1S/C17H26O2/c1-3-4-5-6-7-13-19-17-10-8-9-16(14-17)12-11-15(2)18/h8-10,14H,3-7,11-13H2,1-2H3. The lowest BCUT2D eigenvalue weighted by Gasteiger charge is -2.07. The normalized spacial score (nSPS) is 10.4. The van der Waals surface area contributed by atoms with Gasteiger partial charge in [0.25, 0.3) is 0 Å². The maximum atomic E-state index is 11.0. The van der Waals surface area contributed by atoms with Crippen molar-refractivity contribution < 1.29 is 9.53 Å². The van der Waals surface area contributed by atoms with Crippen molar-refractivity contribution in [3.63, 3.8) is 0 Å². The van der Waals surface area contributed by atoms with E-state index in [0.29, 0.717) is 6.42 Å². The third-order valence-electron chi connectivity index (χ3n) is 3.18. The summed E-state index contributed by atoms with van der Waals surface area (Å²) in [5.41, 5.74) is 1.18. The summed E-state index contributed by atoms with van der Waals surface area (Å²) in [7, 11) is 0. The van der Waals surface area contributed by atoms with E-state index in [4.69, 9.17) is 4.74 Å². The van der Waals surface area contributed by atoms with Crippen LogP contribution in [0, 0.1) is 0 Å². The number of carbonyl (C=O) groups is 1. The van der Waals surface area contributed by atoms with Gasteiger partial charge in [-0.3, -0.25) is 0 Å². The second-order valence-corrected chi connectivity index (χ2v) is 5.11. The van der Waals surface area contributed by atoms with Crippen LogP contribution in [0.5, 0.6) is 5.75 Å². The van der Waals surface area contributed by atoms with E-state index in [0.717, 1.165) is 25.2 Å². The number of aryl methyl sites for hydroxylation is 1. The number of rotatable bonds is 10. The van der Waals surface area contributed by atoms with Crippen LogP contribution in [0.15, 0.2) is 24.3 Å². The van der Waals surface area contributed by atoms with Gasteiger partial charge in [-0.25, -0.2) is 0 Å². The summed E-state index contributed by atoms with van der Waals surface area (Å²) < 4.78 is 5.75. The Kier molecular flexibility index (Phi) is 7.95. The third kappa shape index (κ3) is 7.66. The van der Waals surface area contributed by atoms with Gasteiger partial charge >= 0.3 is 0 Å². The minimum atomic E-state index is 0.238. The zero-order valence-corrected chi connectivity index (χ0v) is 12.3. The molecule has 0 aromatic heterocycles. The fraction of sp³-hybridized carbons (Fsp3) is 0.588. The number of ether oxygens (including phenoxy) is 1. The van der Waals surface area contributed by atoms with Gasteiger partial charge < -0.3 is 9.53 Å². The highest BCUT2D eigenvalue weighted by atomic mass is 16.5. The summed E-state index contributed by atoms with van der Waals surface area (Å²) in [6, 6.07) is 8.09. The van der Waals surface area contributed by atoms with Crippen LogP contribution in [0.4, 0.5) is 0 Å². The summed E-state index contributed by atoms with van der Waals surface area (Å²) in [5.74, 6) is 1.17. The molecule has 0 spiro atoms. The molecule has 0 N–H and O–H groups in total. The monoisotopic (exact) mass is 262 g/mol. The van der Waals surface area contributed by atoms with E-state index in [9.17, 15) is 4.79 Å². The van der Waals surface area contributed by atoms with E-state index in [1.165, 1.54) is 31.2 Å². The van der Waals surface area contributed by atoms with Crippen molar-refractivity contribution >= 4 is 5.78 Å². The first-order chi connectivity index (χ1) is 9.22. The second-order valence-electron chi connectivity index (χ2n) is 5.11. The second kappa shape index (κ2) is 9.60. The molecule has 0 aliphatic rings. The molecule has 0 aliphatic carbocycles. The summed E-state index contributed by atoms with van der Waals surface area (Å²) in [6.07, 6.45) is 7.69. The van der Waals surface area contributed by atoms with Gasteiger partial charge in [0, 0.05) is 6.42 Å². The number of benzene rings is 1. The largest absolute Gasteiger partial charge is 0.494 e. The quantitative estimate of drug-likeness (QED) is 0.578. The molecule has 19 heavy (non-hydrogen) atoms. The summed E-state index contributed by atoms with van der Waals surface area (Å²) in [5, 5.41) is 0. The van der Waals surface area contributed by atoms with Crippen LogP contribution >= 0.6 is 0 Å². The van der Waals surface area contributed by atoms with E-state index < -0.39 is 0 Å². The first-order valence-electron chi connectivity index (χ1n) is 7.43. The molecular formula is C17H26O2. The lowest BCUT2D eigenvalue weighted by atomic mass is 10.1. The molecule has 0 heterocycles. The average Bonchev–Trinajstić information content (AvgIpc) is 2.41. The van der Waals surface area contributed by atoms with Crippen molar-refractivity contribution in [2.24, 2.45) is 0 Å². The SMILES string of the molecule is CCCCCCCOc1cccc(CCC(C)=O)c1. The molecule has 0 amide bonds. The topological polar surface area (TPSA) is 26.3 Å². The summed E-state index contributed by atoms with van der Waals surface area (Å²) in [6.45, 7) is 4.65. The molecule has 106 valence electrons. The molecule has 1 aromatic carbocycles. The van der Waals surface area contributed by atoms with Gasteiger partial charge in [0.2, 0.25) is 0 Å². The first-order valence-corrected chi connectivity index (χ1v) is 7.43. The Hall–Kier alpha value is -1.31. The number of carbonyl (C=O) groups excluding carboxylic acids is 1. The number of hydrogen-bond acceptors (Lipinski definition) is 2. The van der Waals surface area contributed by atoms with Crippen LogP contribution < -0.4 is 4.74 Å². The number of hydrogen-bond donors (Lipinski definition) is 0. The Balaban J connectivity index is 2.25. The van der Waals surface area contributed by atoms with Crippen molar-refractivity contribution in [3.05, 3.63) is 29.8 Å². The van der Waals surface area contributed by atoms with Crippen molar-refractivity contribution in [2.75, 3.05) is 6.61 Å². The van der Waals surface area contributed by atoms with Crippen molar-refractivity contribution in [1.29, 1.82) is 0 Å². The highest BCUT2D eigenvalue weighted by Gasteiger charge is 1.99. The van der Waals surface area contributed by atoms with Crippen LogP contribution in [0.2, 0.25) is 0 Å². The van der Waals surface area contributed by atoms with Gasteiger partial charge in [-0.1, -0.05) is 44.7 Å². The highest BCUT2D eigenvalue weighted by Crippen LogP contribution is 2.15. The first kappa shape index (κ1) is 15.7. The fourth-order valence-corrected chi connectivity index (χ4v) is 2.01. The van der Waals surface area contributed by atoms with Crippen molar-refractivity contribution in [1.82, 2.24) is 0 Å². The van der Waals surface area contributed by atoms with Gasteiger partial charge in [-0.05, 0) is 37.5 Å². The van der Waals surface area contributed by atoms with Gasteiger partial charge in [0.05, 0.1) is 6.61 Å². The number of Topliss-reactive ketones (excluding diaryl/α,β-unsaturated/α-hetero) is 1. The Morgan fingerprint density at radius 2 is 1.95 bits per heavy atom. The van der Waals surface area contributed by atoms with E-state index in [1.54, 1.807) is 6.92 Å². The van der Waals surface area contributed by atoms with Crippen molar-refractivity contribution in [3.8, 4) is 5.75 Å². The fourth-order valence-electron chi connectivity index (χ4n) is 2.01. The minimum absolute atomic E-state index is 0.238. The predicted molar refractivity (Wildman–Crippen MR) is 79.7 cm³/mol. The highest BCUT2D eigenvalue weighted by molar-refractivity contribution is 5.75. The van der Waals surface area contributed by atoms with Crippen LogP contribution in [0.1, 0.15) is 57.9 Å². The Morgan fingerprint density at radius 3 is 2.68 bits per heavy atom. The van der Waals surface area contributed by atoms with Crippen molar-refractivity contribution in [2.45, 2.75) is 58.8 Å². The lowest BCUT2D eigenvalue weighted by molar-refractivity contribution is -0.116. The zero-order chi connectivity index (χ0) is 13.9. The van der Waals surface area contributed by atoms with Gasteiger partial charge in [0.15, 0.2) is 0 Å². The molecule has 0 fully saturated rings. The molecule has 0 atom stereocenters. The van der Waals surface area contributed by atoms with Gasteiger partial charge in [-0.15, -0.1) is 0 Å². The van der Waals surface area contributed by atoms with Crippen LogP contribution in [0.25, 0.3) is 0 Å². The average molecular weight is 262 g/mol.